The number of pyridine rings is 2. The zero-order chi connectivity index (χ0) is 21.4. The molecule has 1 aliphatic carbocycles. The number of hydrogen-bond acceptors (Lipinski definition) is 6. The van der Waals surface area contributed by atoms with Gasteiger partial charge in [0.2, 0.25) is 5.43 Å². The molecule has 0 spiro atoms. The molecule has 154 valence electrons. The Morgan fingerprint density at radius 1 is 1.27 bits per heavy atom. The fraction of sp³-hybridized carbons (Fsp3) is 0.273. The number of hydrogen-bond donors (Lipinski definition) is 0. The lowest BCUT2D eigenvalue weighted by Crippen LogP contribution is -2.25. The van der Waals surface area contributed by atoms with Gasteiger partial charge in [0.05, 0.1) is 12.0 Å². The van der Waals surface area contributed by atoms with Gasteiger partial charge in [-0.2, -0.15) is 0 Å². The molecule has 0 saturated heterocycles. The van der Waals surface area contributed by atoms with E-state index < -0.39 is 23.0 Å². The summed E-state index contributed by atoms with van der Waals surface area (Å²) in [5.41, 5.74) is -0.904. The topological polar surface area (TPSA) is 78.3 Å². The number of fused-ring (bicyclic) bond motifs is 1. The van der Waals surface area contributed by atoms with Crippen molar-refractivity contribution >= 4 is 34.5 Å². The number of esters is 1. The van der Waals surface area contributed by atoms with E-state index >= 15 is 0 Å². The summed E-state index contributed by atoms with van der Waals surface area (Å²) in [5.74, 6) is -2.17. The van der Waals surface area contributed by atoms with E-state index in [4.69, 9.17) is 4.74 Å². The van der Waals surface area contributed by atoms with Crippen molar-refractivity contribution in [2.24, 2.45) is 0 Å². The molecule has 2 aromatic heterocycles. The van der Waals surface area contributed by atoms with Crippen LogP contribution >= 0.6 is 11.8 Å². The second-order valence-electron chi connectivity index (χ2n) is 6.99. The Balaban J connectivity index is 2.08. The van der Waals surface area contributed by atoms with E-state index in [-0.39, 0.29) is 34.9 Å². The summed E-state index contributed by atoms with van der Waals surface area (Å²) in [6.45, 7) is 2.98. The summed E-state index contributed by atoms with van der Waals surface area (Å²) in [6, 6.07) is 10.3. The molecule has 0 amide bonds. The summed E-state index contributed by atoms with van der Waals surface area (Å²) in [4.78, 5) is 42.9. The van der Waals surface area contributed by atoms with E-state index in [1.165, 1.54) is 18.7 Å². The number of nitrogens with zero attached hydrogens (tertiary/aromatic N) is 2. The van der Waals surface area contributed by atoms with Crippen LogP contribution in [0.4, 0.5) is 4.39 Å². The van der Waals surface area contributed by atoms with E-state index in [0.717, 1.165) is 23.8 Å². The molecule has 0 unspecified atom stereocenters. The molecule has 6 nitrogen and oxygen atoms in total. The van der Waals surface area contributed by atoms with Crippen molar-refractivity contribution in [2.45, 2.75) is 42.7 Å². The first-order valence-corrected chi connectivity index (χ1v) is 10.4. The lowest BCUT2D eigenvalue weighted by atomic mass is 10.1. The van der Waals surface area contributed by atoms with Gasteiger partial charge in [0.25, 0.3) is 0 Å². The molecule has 4 rings (SSSR count). The van der Waals surface area contributed by atoms with Crippen LogP contribution in [0.2, 0.25) is 0 Å². The van der Waals surface area contributed by atoms with Crippen LogP contribution in [0, 0.1) is 5.82 Å². The molecule has 1 saturated carbocycles. The molecule has 2 heterocycles. The second kappa shape index (κ2) is 8.02. The van der Waals surface area contributed by atoms with Crippen molar-refractivity contribution in [1.29, 1.82) is 0 Å². The maximum atomic E-state index is 14.5. The average Bonchev–Trinajstić information content (AvgIpc) is 3.54. The third-order valence-corrected chi connectivity index (χ3v) is 5.87. The maximum Gasteiger partial charge on any atom is 0.344 e. The highest BCUT2D eigenvalue weighted by Crippen LogP contribution is 2.42. The van der Waals surface area contributed by atoms with Crippen LogP contribution in [0.25, 0.3) is 11.0 Å². The molecule has 0 atom stereocenters. The molecule has 30 heavy (non-hydrogen) atoms. The Kier molecular flexibility index (Phi) is 5.42. The molecular formula is C22H19FN2O4S. The monoisotopic (exact) mass is 426 g/mol. The predicted molar refractivity (Wildman–Crippen MR) is 111 cm³/mol. The molecule has 1 aliphatic rings. The van der Waals surface area contributed by atoms with Gasteiger partial charge in [0, 0.05) is 17.9 Å². The second-order valence-corrected chi connectivity index (χ2v) is 8.05. The molecular weight excluding hydrogens is 407 g/mol. The van der Waals surface area contributed by atoms with Gasteiger partial charge in [-0.3, -0.25) is 9.59 Å². The Bertz CT molecular complexity index is 1220. The number of rotatable bonds is 6. The lowest BCUT2D eigenvalue weighted by molar-refractivity contribution is 0.0519. The van der Waals surface area contributed by atoms with Gasteiger partial charge >= 0.3 is 5.97 Å². The third-order valence-electron chi connectivity index (χ3n) is 4.77. The minimum Gasteiger partial charge on any atom is -0.462 e. The van der Waals surface area contributed by atoms with Crippen LogP contribution in [0.15, 0.2) is 51.1 Å². The van der Waals surface area contributed by atoms with E-state index in [1.54, 1.807) is 11.5 Å². The number of benzene rings is 1. The van der Waals surface area contributed by atoms with Crippen molar-refractivity contribution < 1.29 is 18.7 Å². The standard InChI is InChI=1S/C22H19FN2O4S/c1-3-29-22(28)17-19(27)15-11-16(23)18(12(2)26)24-20(15)25(13-9-10-13)21(17)30-14-7-5-4-6-8-14/h4-8,11,13H,3,9-10H2,1-2H3. The first-order chi connectivity index (χ1) is 14.4. The smallest absolute Gasteiger partial charge is 0.344 e. The van der Waals surface area contributed by atoms with Crippen molar-refractivity contribution in [2.75, 3.05) is 6.61 Å². The van der Waals surface area contributed by atoms with Gasteiger partial charge < -0.3 is 9.30 Å². The zero-order valence-electron chi connectivity index (χ0n) is 16.5. The summed E-state index contributed by atoms with van der Waals surface area (Å²) in [6.07, 6.45) is 1.66. The summed E-state index contributed by atoms with van der Waals surface area (Å²) in [5, 5.41) is 0.359. The molecule has 3 aromatic rings. The summed E-state index contributed by atoms with van der Waals surface area (Å²) in [7, 11) is 0. The number of ether oxygens (including phenoxy) is 1. The van der Waals surface area contributed by atoms with E-state index in [9.17, 15) is 18.8 Å². The highest BCUT2D eigenvalue weighted by Gasteiger charge is 2.33. The van der Waals surface area contributed by atoms with Crippen molar-refractivity contribution in [3.63, 3.8) is 0 Å². The maximum absolute atomic E-state index is 14.5. The number of Topliss-reactive ketones (excluding diaryl/α,β-unsaturated/α-hetero) is 1. The fourth-order valence-electron chi connectivity index (χ4n) is 3.28. The van der Waals surface area contributed by atoms with E-state index in [2.05, 4.69) is 4.98 Å². The summed E-state index contributed by atoms with van der Waals surface area (Å²) < 4.78 is 21.4. The number of aromatic nitrogens is 2. The number of carbonyl (C=O) groups excluding carboxylic acids is 2. The molecule has 0 N–H and O–H groups in total. The van der Waals surface area contributed by atoms with Crippen molar-refractivity contribution in [1.82, 2.24) is 9.55 Å². The Morgan fingerprint density at radius 2 is 1.97 bits per heavy atom. The van der Waals surface area contributed by atoms with Crippen LogP contribution in [-0.2, 0) is 4.74 Å². The Labute approximate surface area is 176 Å². The van der Waals surface area contributed by atoms with Crippen LogP contribution in [-0.4, -0.2) is 27.9 Å². The van der Waals surface area contributed by atoms with Crippen molar-refractivity contribution in [3.8, 4) is 0 Å². The number of carbonyl (C=O) groups is 2. The quantitative estimate of drug-likeness (QED) is 0.429. The summed E-state index contributed by atoms with van der Waals surface area (Å²) >= 11 is 1.25. The minimum atomic E-state index is -0.882. The molecule has 1 fully saturated rings. The van der Waals surface area contributed by atoms with Gasteiger partial charge in [0.15, 0.2) is 11.6 Å². The van der Waals surface area contributed by atoms with Gasteiger partial charge in [-0.15, -0.1) is 0 Å². The Hall–Kier alpha value is -3.00. The first kappa shape index (κ1) is 20.3. The SMILES string of the molecule is CCOC(=O)c1c(Sc2ccccc2)n(C2CC2)c2nc(C(C)=O)c(F)cc2c1=O. The van der Waals surface area contributed by atoms with Crippen LogP contribution in [0.5, 0.6) is 0 Å². The largest absolute Gasteiger partial charge is 0.462 e. The van der Waals surface area contributed by atoms with Gasteiger partial charge in [0.1, 0.15) is 21.9 Å². The predicted octanol–water partition coefficient (Wildman–Crippen LogP) is 4.40. The highest BCUT2D eigenvalue weighted by molar-refractivity contribution is 7.99. The first-order valence-electron chi connectivity index (χ1n) is 9.62. The normalized spacial score (nSPS) is 13.4. The van der Waals surface area contributed by atoms with Crippen LogP contribution in [0.1, 0.15) is 53.6 Å². The molecule has 0 aliphatic heterocycles. The third kappa shape index (κ3) is 3.63. The molecule has 1 aromatic carbocycles. The lowest BCUT2D eigenvalue weighted by Gasteiger charge is -2.19. The van der Waals surface area contributed by atoms with Gasteiger partial charge in [-0.25, -0.2) is 14.2 Å². The van der Waals surface area contributed by atoms with Crippen molar-refractivity contribution in [3.05, 3.63) is 63.7 Å². The van der Waals surface area contributed by atoms with Crippen LogP contribution in [0.3, 0.4) is 0 Å². The number of halogens is 1. The minimum absolute atomic E-state index is 0.00487. The zero-order valence-corrected chi connectivity index (χ0v) is 17.3. The van der Waals surface area contributed by atoms with Gasteiger partial charge in [-0.1, -0.05) is 30.0 Å². The highest BCUT2D eigenvalue weighted by atomic mass is 32.2. The van der Waals surface area contributed by atoms with Gasteiger partial charge in [-0.05, 0) is 38.0 Å². The number of ketones is 1. The van der Waals surface area contributed by atoms with Crippen LogP contribution < -0.4 is 5.43 Å². The van der Waals surface area contributed by atoms with E-state index in [0.29, 0.717) is 5.03 Å². The Morgan fingerprint density at radius 3 is 2.57 bits per heavy atom. The molecule has 8 heteroatoms. The van der Waals surface area contributed by atoms with E-state index in [1.807, 2.05) is 30.3 Å². The fourth-order valence-corrected chi connectivity index (χ4v) is 4.41. The average molecular weight is 426 g/mol. The molecule has 0 radical (unpaired) electrons. The molecule has 0 bridgehead atoms.